The summed E-state index contributed by atoms with van der Waals surface area (Å²) in [6, 6.07) is 6.34. The molecular formula is C17H26ClN. The third-order valence-corrected chi connectivity index (χ3v) is 4.85. The normalized spacial score (nSPS) is 27.8. The molecule has 1 fully saturated rings. The van der Waals surface area contributed by atoms with E-state index in [1.54, 1.807) is 0 Å². The number of rotatable bonds is 3. The molecule has 0 saturated heterocycles. The van der Waals surface area contributed by atoms with Crippen LogP contribution in [0.25, 0.3) is 0 Å². The molecule has 106 valence electrons. The number of hydrogen-bond acceptors (Lipinski definition) is 1. The van der Waals surface area contributed by atoms with E-state index in [0.717, 1.165) is 35.3 Å². The van der Waals surface area contributed by atoms with Gasteiger partial charge in [0.25, 0.3) is 0 Å². The predicted molar refractivity (Wildman–Crippen MR) is 83.5 cm³/mol. The van der Waals surface area contributed by atoms with Crippen molar-refractivity contribution in [2.45, 2.75) is 58.4 Å². The van der Waals surface area contributed by atoms with E-state index in [-0.39, 0.29) is 5.54 Å². The molecule has 0 aliphatic heterocycles. The van der Waals surface area contributed by atoms with Crippen molar-refractivity contribution >= 4 is 11.6 Å². The van der Waals surface area contributed by atoms with Crippen molar-refractivity contribution in [3.05, 3.63) is 34.3 Å². The van der Waals surface area contributed by atoms with Gasteiger partial charge < -0.3 is 5.73 Å². The lowest BCUT2D eigenvalue weighted by atomic mass is 9.70. The number of nitrogens with two attached hydrogens (primary N) is 1. The molecule has 1 aromatic rings. The van der Waals surface area contributed by atoms with Crippen LogP contribution in [0.1, 0.15) is 57.1 Å². The maximum atomic E-state index is 6.71. The summed E-state index contributed by atoms with van der Waals surface area (Å²) < 4.78 is 0. The molecule has 2 heteroatoms. The van der Waals surface area contributed by atoms with Gasteiger partial charge in [-0.3, -0.25) is 0 Å². The Morgan fingerprint density at radius 3 is 2.79 bits per heavy atom. The number of aryl methyl sites for hydroxylation is 1. The first-order valence-electron chi connectivity index (χ1n) is 7.46. The first-order chi connectivity index (χ1) is 8.90. The van der Waals surface area contributed by atoms with Crippen molar-refractivity contribution in [3.8, 4) is 0 Å². The molecule has 0 bridgehead atoms. The summed E-state index contributed by atoms with van der Waals surface area (Å²) in [6.45, 7) is 6.64. The molecule has 2 atom stereocenters. The van der Waals surface area contributed by atoms with Crippen LogP contribution >= 0.6 is 11.6 Å². The molecule has 0 amide bonds. The van der Waals surface area contributed by atoms with Gasteiger partial charge in [-0.15, -0.1) is 0 Å². The average Bonchev–Trinajstić information content (AvgIpc) is 2.31. The van der Waals surface area contributed by atoms with Gasteiger partial charge in [-0.25, -0.2) is 0 Å². The van der Waals surface area contributed by atoms with E-state index in [1.165, 1.54) is 24.8 Å². The van der Waals surface area contributed by atoms with Gasteiger partial charge in [-0.1, -0.05) is 50.4 Å². The van der Waals surface area contributed by atoms with E-state index in [9.17, 15) is 0 Å². The van der Waals surface area contributed by atoms with Crippen molar-refractivity contribution in [2.24, 2.45) is 17.6 Å². The summed E-state index contributed by atoms with van der Waals surface area (Å²) >= 11 is 6.26. The highest BCUT2D eigenvalue weighted by Gasteiger charge is 2.34. The van der Waals surface area contributed by atoms with E-state index in [4.69, 9.17) is 17.3 Å². The summed E-state index contributed by atoms with van der Waals surface area (Å²) in [4.78, 5) is 0. The van der Waals surface area contributed by atoms with E-state index in [0.29, 0.717) is 0 Å². The molecule has 1 nitrogen and oxygen atoms in total. The SMILES string of the molecule is Cc1ccc(C2(N)CCCC(CC(C)C)C2)cc1Cl. The van der Waals surface area contributed by atoms with Gasteiger partial charge in [0.15, 0.2) is 0 Å². The fraction of sp³-hybridized carbons (Fsp3) is 0.647. The molecule has 1 aromatic carbocycles. The fourth-order valence-electron chi connectivity index (χ4n) is 3.46. The Kier molecular flexibility index (Phi) is 4.58. The molecule has 1 aliphatic rings. The lowest BCUT2D eigenvalue weighted by Gasteiger charge is -2.39. The molecular weight excluding hydrogens is 254 g/mol. The minimum Gasteiger partial charge on any atom is -0.321 e. The van der Waals surface area contributed by atoms with Gasteiger partial charge in [-0.05, 0) is 55.2 Å². The number of benzene rings is 1. The van der Waals surface area contributed by atoms with Crippen LogP contribution in [0.3, 0.4) is 0 Å². The monoisotopic (exact) mass is 279 g/mol. The molecule has 0 aromatic heterocycles. The maximum Gasteiger partial charge on any atom is 0.0438 e. The van der Waals surface area contributed by atoms with E-state index in [1.807, 2.05) is 6.92 Å². The molecule has 0 heterocycles. The van der Waals surface area contributed by atoms with Crippen LogP contribution in [-0.2, 0) is 5.54 Å². The number of halogens is 1. The van der Waals surface area contributed by atoms with Crippen LogP contribution in [0.2, 0.25) is 5.02 Å². The number of hydrogen-bond donors (Lipinski definition) is 1. The standard InChI is InChI=1S/C17H26ClN/c1-12(2)9-14-5-4-8-17(19,11-14)15-7-6-13(3)16(18)10-15/h6-7,10,12,14H,4-5,8-9,11,19H2,1-3H3. The van der Waals surface area contributed by atoms with Crippen molar-refractivity contribution in [1.82, 2.24) is 0 Å². The molecule has 19 heavy (non-hydrogen) atoms. The van der Waals surface area contributed by atoms with Crippen LogP contribution in [0.4, 0.5) is 0 Å². The summed E-state index contributed by atoms with van der Waals surface area (Å²) in [7, 11) is 0. The first-order valence-corrected chi connectivity index (χ1v) is 7.84. The highest BCUT2D eigenvalue weighted by molar-refractivity contribution is 6.31. The molecule has 2 rings (SSSR count). The summed E-state index contributed by atoms with van der Waals surface area (Å²) in [5.41, 5.74) is 8.88. The van der Waals surface area contributed by atoms with Gasteiger partial charge in [-0.2, -0.15) is 0 Å². The molecule has 2 unspecified atom stereocenters. The fourth-order valence-corrected chi connectivity index (χ4v) is 3.64. The smallest absolute Gasteiger partial charge is 0.0438 e. The lowest BCUT2D eigenvalue weighted by Crippen LogP contribution is -2.41. The molecule has 0 spiro atoms. The van der Waals surface area contributed by atoms with Gasteiger partial charge in [0.1, 0.15) is 0 Å². The Balaban J connectivity index is 2.18. The molecule has 1 saturated carbocycles. The first kappa shape index (κ1) is 14.9. The topological polar surface area (TPSA) is 26.0 Å². The summed E-state index contributed by atoms with van der Waals surface area (Å²) in [6.07, 6.45) is 6.04. The van der Waals surface area contributed by atoms with Gasteiger partial charge in [0, 0.05) is 10.6 Å². The summed E-state index contributed by atoms with van der Waals surface area (Å²) in [5.74, 6) is 1.52. The average molecular weight is 280 g/mol. The summed E-state index contributed by atoms with van der Waals surface area (Å²) in [5, 5.41) is 0.841. The van der Waals surface area contributed by atoms with Crippen molar-refractivity contribution in [3.63, 3.8) is 0 Å². The molecule has 1 aliphatic carbocycles. The van der Waals surface area contributed by atoms with Crippen LogP contribution in [0.15, 0.2) is 18.2 Å². The largest absolute Gasteiger partial charge is 0.321 e. The zero-order valence-electron chi connectivity index (χ0n) is 12.4. The third kappa shape index (κ3) is 3.52. The van der Waals surface area contributed by atoms with Crippen molar-refractivity contribution in [2.75, 3.05) is 0 Å². The van der Waals surface area contributed by atoms with Crippen LogP contribution in [-0.4, -0.2) is 0 Å². The Morgan fingerprint density at radius 1 is 1.42 bits per heavy atom. The van der Waals surface area contributed by atoms with Gasteiger partial charge in [0.05, 0.1) is 0 Å². The minimum atomic E-state index is -0.171. The van der Waals surface area contributed by atoms with Crippen molar-refractivity contribution in [1.29, 1.82) is 0 Å². The predicted octanol–water partition coefficient (Wildman–Crippen LogP) is 5.04. The second kappa shape index (κ2) is 5.85. The van der Waals surface area contributed by atoms with Crippen molar-refractivity contribution < 1.29 is 0 Å². The Bertz CT molecular complexity index is 441. The third-order valence-electron chi connectivity index (χ3n) is 4.44. The quantitative estimate of drug-likeness (QED) is 0.824. The second-order valence-corrected chi connectivity index (χ2v) is 7.12. The maximum absolute atomic E-state index is 6.71. The highest BCUT2D eigenvalue weighted by atomic mass is 35.5. The zero-order chi connectivity index (χ0) is 14.0. The van der Waals surface area contributed by atoms with Gasteiger partial charge in [0.2, 0.25) is 0 Å². The second-order valence-electron chi connectivity index (χ2n) is 6.71. The van der Waals surface area contributed by atoms with E-state index < -0.39 is 0 Å². The minimum absolute atomic E-state index is 0.171. The van der Waals surface area contributed by atoms with Crippen LogP contribution in [0, 0.1) is 18.8 Å². The van der Waals surface area contributed by atoms with E-state index in [2.05, 4.69) is 32.0 Å². The Hall–Kier alpha value is -0.530. The van der Waals surface area contributed by atoms with Gasteiger partial charge >= 0.3 is 0 Å². The highest BCUT2D eigenvalue weighted by Crippen LogP contribution is 2.41. The Morgan fingerprint density at radius 2 is 2.16 bits per heavy atom. The Labute approximate surface area is 122 Å². The molecule has 2 N–H and O–H groups in total. The zero-order valence-corrected chi connectivity index (χ0v) is 13.1. The lowest BCUT2D eigenvalue weighted by molar-refractivity contribution is 0.202. The van der Waals surface area contributed by atoms with Crippen LogP contribution < -0.4 is 5.73 Å². The molecule has 0 radical (unpaired) electrons. The van der Waals surface area contributed by atoms with Crippen LogP contribution in [0.5, 0.6) is 0 Å². The van der Waals surface area contributed by atoms with E-state index >= 15 is 0 Å².